The van der Waals surface area contributed by atoms with Crippen LogP contribution in [-0.2, 0) is 4.74 Å². The molecule has 0 bridgehead atoms. The first-order valence-electron chi connectivity index (χ1n) is 8.48. The van der Waals surface area contributed by atoms with Crippen LogP contribution in [0.1, 0.15) is 45.9 Å². The van der Waals surface area contributed by atoms with E-state index in [2.05, 4.69) is 11.1 Å². The van der Waals surface area contributed by atoms with Crippen LogP contribution in [0.15, 0.2) is 35.4 Å². The molecule has 1 aliphatic carbocycles. The van der Waals surface area contributed by atoms with E-state index in [-0.39, 0.29) is 18.8 Å². The van der Waals surface area contributed by atoms with Crippen LogP contribution >= 0.6 is 11.8 Å². The molecule has 134 valence electrons. The predicted molar refractivity (Wildman–Crippen MR) is 99.7 cm³/mol. The Morgan fingerprint density at radius 3 is 2.81 bits per heavy atom. The van der Waals surface area contributed by atoms with Crippen molar-refractivity contribution < 1.29 is 14.3 Å². The van der Waals surface area contributed by atoms with Crippen LogP contribution in [-0.4, -0.2) is 30.4 Å². The van der Waals surface area contributed by atoms with Gasteiger partial charge in [-0.3, -0.25) is 0 Å². The second kappa shape index (κ2) is 8.24. The first kappa shape index (κ1) is 18.3. The van der Waals surface area contributed by atoms with E-state index < -0.39 is 5.97 Å². The molecule has 1 fully saturated rings. The Balaban J connectivity index is 1.65. The molecule has 0 amide bonds. The summed E-state index contributed by atoms with van der Waals surface area (Å²) in [5.41, 5.74) is 2.55. The summed E-state index contributed by atoms with van der Waals surface area (Å²) >= 11 is 1.37. The fraction of sp³-hybridized carbons (Fsp3) is 0.350. The second-order valence-corrected chi connectivity index (χ2v) is 6.96. The Morgan fingerprint density at radius 1 is 1.35 bits per heavy atom. The van der Waals surface area contributed by atoms with Crippen LogP contribution < -0.4 is 4.74 Å². The molecule has 0 radical (unpaired) electrons. The summed E-state index contributed by atoms with van der Waals surface area (Å²) in [6.07, 6.45) is 4.00. The number of pyridine rings is 1. The highest BCUT2D eigenvalue weighted by atomic mass is 32.2. The fourth-order valence-electron chi connectivity index (χ4n) is 2.62. The summed E-state index contributed by atoms with van der Waals surface area (Å²) in [7, 11) is 0. The van der Waals surface area contributed by atoms with Crippen molar-refractivity contribution in [3.63, 3.8) is 0 Å². The topological polar surface area (TPSA) is 72.2 Å². The van der Waals surface area contributed by atoms with Gasteiger partial charge in [0.05, 0.1) is 11.1 Å². The van der Waals surface area contributed by atoms with Crippen molar-refractivity contribution in [3.8, 4) is 11.8 Å². The Bertz CT molecular complexity index is 857. The lowest BCUT2D eigenvalue weighted by molar-refractivity contribution is 0.0449. The van der Waals surface area contributed by atoms with Gasteiger partial charge < -0.3 is 9.47 Å². The number of hydrogen-bond acceptors (Lipinski definition) is 6. The van der Waals surface area contributed by atoms with Crippen molar-refractivity contribution in [1.29, 1.82) is 5.26 Å². The molecule has 0 unspecified atom stereocenters. The Kier molecular flexibility index (Phi) is 5.79. The number of aryl methyl sites for hydroxylation is 1. The van der Waals surface area contributed by atoms with Gasteiger partial charge in [-0.2, -0.15) is 5.26 Å². The summed E-state index contributed by atoms with van der Waals surface area (Å²) < 4.78 is 10.9. The van der Waals surface area contributed by atoms with Gasteiger partial charge in [-0.15, -0.1) is 11.8 Å². The molecule has 0 N–H and O–H groups in total. The molecular weight excluding hydrogens is 348 g/mol. The van der Waals surface area contributed by atoms with Crippen LogP contribution in [0.5, 0.6) is 5.75 Å². The smallest absolute Gasteiger partial charge is 0.339 e. The minimum Gasteiger partial charge on any atom is -0.490 e. The molecule has 0 atom stereocenters. The maximum atomic E-state index is 12.5. The van der Waals surface area contributed by atoms with Gasteiger partial charge in [-0.25, -0.2) is 9.78 Å². The lowest BCUT2D eigenvalue weighted by Gasteiger charge is -2.11. The van der Waals surface area contributed by atoms with Crippen LogP contribution in [0.4, 0.5) is 0 Å². The number of carbonyl (C=O) groups is 1. The Morgan fingerprint density at radius 2 is 2.15 bits per heavy atom. The molecule has 0 spiro atoms. The zero-order chi connectivity index (χ0) is 18.5. The molecule has 1 aromatic carbocycles. The molecule has 1 aliphatic rings. The van der Waals surface area contributed by atoms with E-state index in [1.165, 1.54) is 11.8 Å². The molecule has 1 heterocycles. The van der Waals surface area contributed by atoms with Crippen molar-refractivity contribution in [1.82, 2.24) is 4.98 Å². The number of thioether (sulfide) groups is 1. The third-order valence-electron chi connectivity index (χ3n) is 4.10. The van der Waals surface area contributed by atoms with Crippen LogP contribution in [0.25, 0.3) is 0 Å². The highest BCUT2D eigenvalue weighted by molar-refractivity contribution is 7.98. The van der Waals surface area contributed by atoms with Crippen molar-refractivity contribution >= 4 is 17.7 Å². The maximum absolute atomic E-state index is 12.5. The third-order valence-corrected chi connectivity index (χ3v) is 4.78. The van der Waals surface area contributed by atoms with Crippen molar-refractivity contribution in [3.05, 3.63) is 52.7 Å². The molecule has 2 aromatic rings. The van der Waals surface area contributed by atoms with Gasteiger partial charge in [0.2, 0.25) is 0 Å². The average molecular weight is 368 g/mol. The fourth-order valence-corrected chi connectivity index (χ4v) is 3.18. The summed E-state index contributed by atoms with van der Waals surface area (Å²) in [6.45, 7) is 2.36. The largest absolute Gasteiger partial charge is 0.490 e. The summed E-state index contributed by atoms with van der Waals surface area (Å²) in [4.78, 5) is 17.0. The summed E-state index contributed by atoms with van der Waals surface area (Å²) in [5, 5.41) is 10.0. The molecule has 3 rings (SSSR count). The van der Waals surface area contributed by atoms with Gasteiger partial charge in [0.15, 0.2) is 0 Å². The number of aromatic nitrogens is 1. The highest BCUT2D eigenvalue weighted by Crippen LogP contribution is 2.40. The number of ether oxygens (including phenoxy) is 2. The SMILES string of the molecule is CSc1nc(C2CC2)cc(C(=O)OCCOc2cccc(C)c2)c1C#N. The van der Waals surface area contributed by atoms with E-state index in [1.54, 1.807) is 6.07 Å². The van der Waals surface area contributed by atoms with Crippen LogP contribution in [0.3, 0.4) is 0 Å². The first-order valence-corrected chi connectivity index (χ1v) is 9.70. The number of rotatable bonds is 7. The molecule has 26 heavy (non-hydrogen) atoms. The van der Waals surface area contributed by atoms with E-state index in [0.29, 0.717) is 16.5 Å². The number of carbonyl (C=O) groups excluding carboxylic acids is 1. The molecule has 0 saturated heterocycles. The van der Waals surface area contributed by atoms with Crippen LogP contribution in [0, 0.1) is 18.3 Å². The highest BCUT2D eigenvalue weighted by Gasteiger charge is 2.28. The second-order valence-electron chi connectivity index (χ2n) is 6.17. The molecule has 1 aromatic heterocycles. The number of hydrogen-bond donors (Lipinski definition) is 0. The minimum absolute atomic E-state index is 0.118. The number of nitrogens with zero attached hydrogens (tertiary/aromatic N) is 2. The third kappa shape index (κ3) is 4.36. The zero-order valence-electron chi connectivity index (χ0n) is 14.8. The lowest BCUT2D eigenvalue weighted by Crippen LogP contribution is -2.15. The van der Waals surface area contributed by atoms with Gasteiger partial charge in [0.25, 0.3) is 0 Å². The first-order chi connectivity index (χ1) is 12.6. The number of nitriles is 1. The van der Waals surface area contributed by atoms with Crippen LogP contribution in [0.2, 0.25) is 0 Å². The molecule has 1 saturated carbocycles. The average Bonchev–Trinajstić information content (AvgIpc) is 3.49. The van der Waals surface area contributed by atoms with E-state index in [4.69, 9.17) is 9.47 Å². The number of esters is 1. The lowest BCUT2D eigenvalue weighted by atomic mass is 10.1. The molecular formula is C20H20N2O3S. The van der Waals surface area contributed by atoms with Crippen molar-refractivity contribution in [2.75, 3.05) is 19.5 Å². The van der Waals surface area contributed by atoms with Gasteiger partial charge in [0.1, 0.15) is 30.1 Å². The van der Waals surface area contributed by atoms with E-state index in [1.807, 2.05) is 37.4 Å². The van der Waals surface area contributed by atoms with Crippen molar-refractivity contribution in [2.45, 2.75) is 30.7 Å². The number of benzene rings is 1. The van der Waals surface area contributed by atoms with Gasteiger partial charge in [-0.1, -0.05) is 12.1 Å². The van der Waals surface area contributed by atoms with Gasteiger partial charge in [-0.05, 0) is 49.8 Å². The Labute approximate surface area is 157 Å². The monoisotopic (exact) mass is 368 g/mol. The summed E-state index contributed by atoms with van der Waals surface area (Å²) in [6, 6.07) is 11.5. The maximum Gasteiger partial charge on any atom is 0.339 e. The van der Waals surface area contributed by atoms with E-state index in [0.717, 1.165) is 29.8 Å². The quantitative estimate of drug-likeness (QED) is 0.416. The predicted octanol–water partition coefficient (Wildman–Crippen LogP) is 4.10. The standard InChI is InChI=1S/C20H20N2O3S/c1-13-4-3-5-15(10-13)24-8-9-25-20(23)16-11-18(14-6-7-14)22-19(26-2)17(16)12-21/h3-5,10-11,14H,6-9H2,1-2H3. The zero-order valence-corrected chi connectivity index (χ0v) is 15.6. The van der Waals surface area contributed by atoms with E-state index in [9.17, 15) is 10.1 Å². The van der Waals surface area contributed by atoms with Gasteiger partial charge in [0, 0.05) is 11.6 Å². The minimum atomic E-state index is -0.506. The van der Waals surface area contributed by atoms with Crippen molar-refractivity contribution in [2.24, 2.45) is 0 Å². The molecule has 5 nitrogen and oxygen atoms in total. The van der Waals surface area contributed by atoms with Gasteiger partial charge >= 0.3 is 5.97 Å². The summed E-state index contributed by atoms with van der Waals surface area (Å²) in [5.74, 6) is 0.627. The Hall–Kier alpha value is -2.52. The van der Waals surface area contributed by atoms with E-state index >= 15 is 0 Å². The molecule has 0 aliphatic heterocycles. The normalized spacial score (nSPS) is 13.1. The molecule has 6 heteroatoms.